The van der Waals surface area contributed by atoms with Gasteiger partial charge in [0.2, 0.25) is 0 Å². The fourth-order valence-electron chi connectivity index (χ4n) is 1.22. The van der Waals surface area contributed by atoms with Crippen molar-refractivity contribution in [1.29, 1.82) is 0 Å². The van der Waals surface area contributed by atoms with Gasteiger partial charge in [0.15, 0.2) is 0 Å². The minimum absolute atomic E-state index is 0.829. The largest absolute Gasteiger partial charge is 0.302 e. The topological polar surface area (TPSA) is 21.3 Å². The zero-order valence-electron chi connectivity index (χ0n) is 9.27. The minimum atomic E-state index is 0.829. The van der Waals surface area contributed by atoms with Gasteiger partial charge in [-0.2, -0.15) is 0 Å². The molecule has 1 N–H and O–H groups in total. The fourth-order valence-corrected chi connectivity index (χ4v) is 1.22. The Balaban J connectivity index is 2.76. The van der Waals surface area contributed by atoms with Crippen LogP contribution >= 0.6 is 0 Å². The number of rotatable bonds is 10. The average molecular weight is 187 g/mol. The smallest absolute Gasteiger partial charge is 0.0679 e. The van der Waals surface area contributed by atoms with Gasteiger partial charge in [-0.05, 0) is 12.8 Å². The molecule has 0 spiro atoms. The van der Waals surface area contributed by atoms with E-state index in [0.717, 1.165) is 19.6 Å². The Morgan fingerprint density at radius 2 is 1.54 bits per heavy atom. The van der Waals surface area contributed by atoms with Gasteiger partial charge < -0.3 is 4.84 Å². The first-order valence-corrected chi connectivity index (χ1v) is 5.76. The van der Waals surface area contributed by atoms with Crippen LogP contribution in [0, 0.1) is 0 Å². The lowest BCUT2D eigenvalue weighted by Crippen LogP contribution is -2.16. The summed E-state index contributed by atoms with van der Waals surface area (Å²) in [6.07, 6.45) is 9.16. The molecule has 0 atom stereocenters. The van der Waals surface area contributed by atoms with E-state index < -0.39 is 0 Å². The number of hydroxylamine groups is 1. The summed E-state index contributed by atoms with van der Waals surface area (Å²) in [4.78, 5) is 5.16. The van der Waals surface area contributed by atoms with Gasteiger partial charge >= 0.3 is 0 Å². The second-order valence-electron chi connectivity index (χ2n) is 3.51. The Kier molecular flexibility index (Phi) is 11.8. The zero-order valence-corrected chi connectivity index (χ0v) is 9.27. The lowest BCUT2D eigenvalue weighted by Gasteiger charge is -2.03. The minimum Gasteiger partial charge on any atom is -0.302 e. The molecule has 0 unspecified atom stereocenters. The first-order valence-electron chi connectivity index (χ1n) is 5.76. The molecule has 0 aromatic rings. The molecule has 0 saturated heterocycles. The van der Waals surface area contributed by atoms with Crippen LogP contribution in [0.3, 0.4) is 0 Å². The number of nitrogens with one attached hydrogen (secondary N) is 1. The third-order valence-electron chi connectivity index (χ3n) is 2.04. The third kappa shape index (κ3) is 11.9. The summed E-state index contributed by atoms with van der Waals surface area (Å²) in [6, 6.07) is 0. The van der Waals surface area contributed by atoms with Gasteiger partial charge in [-0.3, -0.25) is 0 Å². The van der Waals surface area contributed by atoms with Crippen molar-refractivity contribution >= 4 is 0 Å². The highest BCUT2D eigenvalue weighted by atomic mass is 16.6. The summed E-state index contributed by atoms with van der Waals surface area (Å²) in [5.74, 6) is 0. The molecule has 80 valence electrons. The highest BCUT2D eigenvalue weighted by molar-refractivity contribution is 4.44. The van der Waals surface area contributed by atoms with E-state index in [9.17, 15) is 0 Å². The van der Waals surface area contributed by atoms with Crippen molar-refractivity contribution in [2.75, 3.05) is 13.2 Å². The Bertz CT molecular complexity index is 76.2. The molecular weight excluding hydrogens is 162 g/mol. The first kappa shape index (κ1) is 12.9. The Hall–Kier alpha value is -0.0800. The number of hydrogen-bond donors (Lipinski definition) is 1. The molecule has 13 heavy (non-hydrogen) atoms. The van der Waals surface area contributed by atoms with Crippen LogP contribution in [0.5, 0.6) is 0 Å². The average Bonchev–Trinajstić information content (AvgIpc) is 2.16. The summed E-state index contributed by atoms with van der Waals surface area (Å²) < 4.78 is 0. The lowest BCUT2D eigenvalue weighted by molar-refractivity contribution is 0.0407. The second-order valence-corrected chi connectivity index (χ2v) is 3.51. The van der Waals surface area contributed by atoms with E-state index in [0.29, 0.717) is 0 Å². The molecule has 0 rings (SSSR count). The maximum atomic E-state index is 5.16. The highest BCUT2D eigenvalue weighted by Gasteiger charge is 1.89. The van der Waals surface area contributed by atoms with E-state index >= 15 is 0 Å². The van der Waals surface area contributed by atoms with Crippen molar-refractivity contribution in [3.05, 3.63) is 0 Å². The highest BCUT2D eigenvalue weighted by Crippen LogP contribution is 2.03. The van der Waals surface area contributed by atoms with Gasteiger partial charge in [0, 0.05) is 6.54 Å². The maximum absolute atomic E-state index is 5.16. The van der Waals surface area contributed by atoms with Crippen LogP contribution < -0.4 is 5.48 Å². The van der Waals surface area contributed by atoms with Gasteiger partial charge in [0.05, 0.1) is 6.61 Å². The van der Waals surface area contributed by atoms with Gasteiger partial charge in [-0.15, -0.1) is 0 Å². The Morgan fingerprint density at radius 3 is 2.23 bits per heavy atom. The van der Waals surface area contributed by atoms with Gasteiger partial charge in [0.1, 0.15) is 0 Å². The molecule has 0 heterocycles. The van der Waals surface area contributed by atoms with Crippen molar-refractivity contribution in [3.8, 4) is 0 Å². The van der Waals surface area contributed by atoms with Crippen molar-refractivity contribution in [2.45, 2.75) is 58.8 Å². The standard InChI is InChI=1S/C11H25NO/c1-3-5-6-7-8-9-10-12-13-11-4-2/h12H,3-11H2,1-2H3. The van der Waals surface area contributed by atoms with Gasteiger partial charge in [-0.25, -0.2) is 5.48 Å². The molecule has 0 saturated carbocycles. The molecular formula is C11H25NO. The van der Waals surface area contributed by atoms with E-state index in [2.05, 4.69) is 19.3 Å². The molecule has 0 aromatic heterocycles. The van der Waals surface area contributed by atoms with Crippen LogP contribution in [0.2, 0.25) is 0 Å². The van der Waals surface area contributed by atoms with Crippen LogP contribution in [-0.2, 0) is 4.84 Å². The molecule has 0 amide bonds. The Morgan fingerprint density at radius 1 is 0.846 bits per heavy atom. The molecule has 0 aliphatic carbocycles. The molecule has 0 bridgehead atoms. The predicted molar refractivity (Wildman–Crippen MR) is 57.6 cm³/mol. The van der Waals surface area contributed by atoms with E-state index in [1.165, 1.54) is 38.5 Å². The molecule has 0 radical (unpaired) electrons. The van der Waals surface area contributed by atoms with Crippen molar-refractivity contribution in [1.82, 2.24) is 5.48 Å². The molecule has 0 aliphatic rings. The normalized spacial score (nSPS) is 10.6. The van der Waals surface area contributed by atoms with E-state index in [4.69, 9.17) is 4.84 Å². The molecule has 0 fully saturated rings. The SMILES string of the molecule is CCCCCCCCNOCCC. The molecule has 2 nitrogen and oxygen atoms in total. The first-order chi connectivity index (χ1) is 6.41. The summed E-state index contributed by atoms with van der Waals surface area (Å²) in [5, 5.41) is 0. The van der Waals surface area contributed by atoms with Crippen molar-refractivity contribution in [3.63, 3.8) is 0 Å². The fraction of sp³-hybridized carbons (Fsp3) is 1.00. The molecule has 2 heteroatoms. The summed E-state index contributed by atoms with van der Waals surface area (Å²) in [7, 11) is 0. The summed E-state index contributed by atoms with van der Waals surface area (Å²) in [5.41, 5.74) is 2.98. The molecule has 0 aromatic carbocycles. The third-order valence-corrected chi connectivity index (χ3v) is 2.04. The van der Waals surface area contributed by atoms with Crippen molar-refractivity contribution in [2.24, 2.45) is 0 Å². The van der Waals surface area contributed by atoms with E-state index in [1.54, 1.807) is 0 Å². The van der Waals surface area contributed by atoms with Crippen LogP contribution in [0.4, 0.5) is 0 Å². The quantitative estimate of drug-likeness (QED) is 0.418. The Labute approximate surface area is 83.0 Å². The summed E-state index contributed by atoms with van der Waals surface area (Å²) >= 11 is 0. The van der Waals surface area contributed by atoms with Crippen LogP contribution in [0.1, 0.15) is 58.8 Å². The maximum Gasteiger partial charge on any atom is 0.0679 e. The van der Waals surface area contributed by atoms with Crippen LogP contribution in [-0.4, -0.2) is 13.2 Å². The number of hydrogen-bond acceptors (Lipinski definition) is 2. The monoisotopic (exact) mass is 187 g/mol. The van der Waals surface area contributed by atoms with E-state index in [1.807, 2.05) is 0 Å². The van der Waals surface area contributed by atoms with E-state index in [-0.39, 0.29) is 0 Å². The molecule has 0 aliphatic heterocycles. The summed E-state index contributed by atoms with van der Waals surface area (Å²) in [6.45, 7) is 6.20. The zero-order chi connectivity index (χ0) is 9.78. The lowest BCUT2D eigenvalue weighted by atomic mass is 10.1. The van der Waals surface area contributed by atoms with Gasteiger partial charge in [0.25, 0.3) is 0 Å². The van der Waals surface area contributed by atoms with Crippen molar-refractivity contribution < 1.29 is 4.84 Å². The van der Waals surface area contributed by atoms with Gasteiger partial charge in [-0.1, -0.05) is 46.0 Å². The second kappa shape index (κ2) is 11.9. The van der Waals surface area contributed by atoms with Crippen LogP contribution in [0.25, 0.3) is 0 Å². The predicted octanol–water partition coefficient (Wildman–Crippen LogP) is 3.28. The number of unbranched alkanes of at least 4 members (excludes halogenated alkanes) is 5. The van der Waals surface area contributed by atoms with Crippen LogP contribution in [0.15, 0.2) is 0 Å².